The lowest BCUT2D eigenvalue weighted by Crippen LogP contribution is -2.45. The molecule has 0 bridgehead atoms. The van der Waals surface area contributed by atoms with Gasteiger partial charge in [0, 0.05) is 45.3 Å². The fourth-order valence-corrected chi connectivity index (χ4v) is 3.93. The van der Waals surface area contributed by atoms with E-state index in [4.69, 9.17) is 0 Å². The molecule has 1 aromatic rings. The Balaban J connectivity index is 1.47. The highest BCUT2D eigenvalue weighted by Gasteiger charge is 2.31. The van der Waals surface area contributed by atoms with Crippen molar-refractivity contribution < 1.29 is 4.79 Å². The van der Waals surface area contributed by atoms with Crippen LogP contribution in [0.5, 0.6) is 0 Å². The highest BCUT2D eigenvalue weighted by atomic mass is 16.2. The first-order valence-corrected chi connectivity index (χ1v) is 8.32. The summed E-state index contributed by atoms with van der Waals surface area (Å²) >= 11 is 0. The van der Waals surface area contributed by atoms with Gasteiger partial charge in [0.1, 0.15) is 0 Å². The maximum atomic E-state index is 11.9. The van der Waals surface area contributed by atoms with Crippen LogP contribution < -0.4 is 0 Å². The Morgan fingerprint density at radius 3 is 2.86 bits per heavy atom. The van der Waals surface area contributed by atoms with Crippen LogP contribution in [0, 0.1) is 5.92 Å². The Kier molecular flexibility index (Phi) is 3.45. The van der Waals surface area contributed by atoms with Gasteiger partial charge < -0.3 is 4.90 Å². The minimum atomic E-state index is 0.319. The summed E-state index contributed by atoms with van der Waals surface area (Å²) < 4.78 is 2.16. The van der Waals surface area contributed by atoms with Gasteiger partial charge in [0.05, 0.1) is 11.7 Å². The van der Waals surface area contributed by atoms with Crippen LogP contribution >= 0.6 is 0 Å². The molecule has 3 aliphatic rings. The van der Waals surface area contributed by atoms with E-state index < -0.39 is 0 Å². The Bertz CT molecular complexity index is 522. The standard InChI is InChI=1S/C16H24N4O/c21-16-5-2-8-19(16)12-15-11-18(9-13-3-1-4-13)10-14-6-7-17-20(14)15/h6-7,13,15H,1-5,8-12H2/t15-/m0/s1. The normalized spacial score (nSPS) is 27.0. The SMILES string of the molecule is O=C1CCCN1C[C@@H]1CN(CC2CCC2)Cc2ccnn21. The van der Waals surface area contributed by atoms with Crippen LogP contribution in [0.4, 0.5) is 0 Å². The molecule has 21 heavy (non-hydrogen) atoms. The molecule has 2 fully saturated rings. The molecule has 1 aromatic heterocycles. The van der Waals surface area contributed by atoms with Crippen molar-refractivity contribution in [3.63, 3.8) is 0 Å². The third kappa shape index (κ3) is 2.59. The van der Waals surface area contributed by atoms with Crippen LogP contribution in [0.2, 0.25) is 0 Å². The molecule has 1 saturated heterocycles. The number of likely N-dealkylation sites (tertiary alicyclic amines) is 1. The van der Waals surface area contributed by atoms with Gasteiger partial charge in [-0.05, 0) is 31.2 Å². The molecule has 4 rings (SSSR count). The van der Waals surface area contributed by atoms with Crippen molar-refractivity contribution in [1.82, 2.24) is 19.6 Å². The summed E-state index contributed by atoms with van der Waals surface area (Å²) in [5.74, 6) is 1.22. The Morgan fingerprint density at radius 2 is 2.14 bits per heavy atom. The Hall–Kier alpha value is -1.36. The van der Waals surface area contributed by atoms with Gasteiger partial charge in [-0.3, -0.25) is 14.4 Å². The molecule has 0 N–H and O–H groups in total. The number of amides is 1. The zero-order chi connectivity index (χ0) is 14.2. The summed E-state index contributed by atoms with van der Waals surface area (Å²) in [7, 11) is 0. The monoisotopic (exact) mass is 288 g/mol. The molecule has 114 valence electrons. The lowest BCUT2D eigenvalue weighted by atomic mass is 9.85. The van der Waals surface area contributed by atoms with E-state index in [9.17, 15) is 4.79 Å². The minimum Gasteiger partial charge on any atom is -0.340 e. The summed E-state index contributed by atoms with van der Waals surface area (Å²) in [6.07, 6.45) is 7.84. The molecule has 3 heterocycles. The van der Waals surface area contributed by atoms with Crippen LogP contribution in [0.1, 0.15) is 43.8 Å². The zero-order valence-corrected chi connectivity index (χ0v) is 12.6. The predicted molar refractivity (Wildman–Crippen MR) is 79.7 cm³/mol. The van der Waals surface area contributed by atoms with Crippen molar-refractivity contribution in [3.8, 4) is 0 Å². The number of aromatic nitrogens is 2. The van der Waals surface area contributed by atoms with Gasteiger partial charge in [0.25, 0.3) is 0 Å². The highest BCUT2D eigenvalue weighted by Crippen LogP contribution is 2.30. The molecule has 0 spiro atoms. The van der Waals surface area contributed by atoms with E-state index in [-0.39, 0.29) is 0 Å². The molecular weight excluding hydrogens is 264 g/mol. The average Bonchev–Trinajstić information content (AvgIpc) is 3.04. The third-order valence-corrected chi connectivity index (χ3v) is 5.30. The van der Waals surface area contributed by atoms with Crippen LogP contribution in [0.3, 0.4) is 0 Å². The smallest absolute Gasteiger partial charge is 0.222 e. The zero-order valence-electron chi connectivity index (χ0n) is 12.6. The molecular formula is C16H24N4O. The van der Waals surface area contributed by atoms with E-state index >= 15 is 0 Å². The van der Waals surface area contributed by atoms with E-state index in [2.05, 4.69) is 20.7 Å². The summed E-state index contributed by atoms with van der Waals surface area (Å²) in [6.45, 7) is 5.02. The molecule has 5 nitrogen and oxygen atoms in total. The number of hydrogen-bond donors (Lipinski definition) is 0. The first-order chi connectivity index (χ1) is 10.3. The van der Waals surface area contributed by atoms with Gasteiger partial charge in [0.2, 0.25) is 5.91 Å². The van der Waals surface area contributed by atoms with Gasteiger partial charge in [0.15, 0.2) is 0 Å². The number of carbonyl (C=O) groups is 1. The first kappa shape index (κ1) is 13.3. The van der Waals surface area contributed by atoms with E-state index in [1.54, 1.807) is 0 Å². The van der Waals surface area contributed by atoms with Crippen molar-refractivity contribution in [2.24, 2.45) is 5.92 Å². The van der Waals surface area contributed by atoms with Crippen molar-refractivity contribution in [3.05, 3.63) is 18.0 Å². The molecule has 1 saturated carbocycles. The van der Waals surface area contributed by atoms with Crippen molar-refractivity contribution >= 4 is 5.91 Å². The molecule has 2 aliphatic heterocycles. The number of hydrogen-bond acceptors (Lipinski definition) is 3. The molecule has 0 aromatic carbocycles. The number of fused-ring (bicyclic) bond motifs is 1. The summed E-state index contributed by atoms with van der Waals surface area (Å²) in [5, 5.41) is 4.51. The predicted octanol–water partition coefficient (Wildman–Crippen LogP) is 1.66. The van der Waals surface area contributed by atoms with Crippen molar-refractivity contribution in [2.45, 2.75) is 44.7 Å². The fourth-order valence-electron chi connectivity index (χ4n) is 3.93. The van der Waals surface area contributed by atoms with E-state index in [0.717, 1.165) is 44.9 Å². The number of carbonyl (C=O) groups excluding carboxylic acids is 1. The quantitative estimate of drug-likeness (QED) is 0.846. The molecule has 0 unspecified atom stereocenters. The van der Waals surface area contributed by atoms with Crippen molar-refractivity contribution in [2.75, 3.05) is 26.2 Å². The van der Waals surface area contributed by atoms with Crippen LogP contribution in [-0.4, -0.2) is 51.7 Å². The minimum absolute atomic E-state index is 0.319. The summed E-state index contributed by atoms with van der Waals surface area (Å²) in [5.41, 5.74) is 1.30. The second-order valence-corrected chi connectivity index (χ2v) is 6.86. The molecule has 0 radical (unpaired) electrons. The van der Waals surface area contributed by atoms with Crippen LogP contribution in [0.25, 0.3) is 0 Å². The maximum absolute atomic E-state index is 11.9. The molecule has 5 heteroatoms. The number of rotatable bonds is 4. The van der Waals surface area contributed by atoms with E-state index in [1.165, 1.54) is 31.5 Å². The topological polar surface area (TPSA) is 41.4 Å². The lowest BCUT2D eigenvalue weighted by Gasteiger charge is -2.39. The number of nitrogens with zero attached hydrogens (tertiary/aromatic N) is 4. The van der Waals surface area contributed by atoms with Gasteiger partial charge in [-0.1, -0.05) is 6.42 Å². The lowest BCUT2D eigenvalue weighted by molar-refractivity contribution is -0.128. The van der Waals surface area contributed by atoms with Crippen molar-refractivity contribution in [1.29, 1.82) is 0 Å². The molecule has 1 aliphatic carbocycles. The third-order valence-electron chi connectivity index (χ3n) is 5.30. The Morgan fingerprint density at radius 1 is 1.24 bits per heavy atom. The molecule has 1 amide bonds. The first-order valence-electron chi connectivity index (χ1n) is 8.32. The van der Waals surface area contributed by atoms with Gasteiger partial charge in [-0.25, -0.2) is 0 Å². The average molecular weight is 288 g/mol. The Labute approximate surface area is 125 Å². The van der Waals surface area contributed by atoms with E-state index in [0.29, 0.717) is 11.9 Å². The maximum Gasteiger partial charge on any atom is 0.222 e. The summed E-state index contributed by atoms with van der Waals surface area (Å²) in [4.78, 5) is 16.5. The van der Waals surface area contributed by atoms with Gasteiger partial charge >= 0.3 is 0 Å². The fraction of sp³-hybridized carbons (Fsp3) is 0.750. The van der Waals surface area contributed by atoms with Gasteiger partial charge in [-0.2, -0.15) is 5.10 Å². The summed E-state index contributed by atoms with van der Waals surface area (Å²) in [6, 6.07) is 2.46. The van der Waals surface area contributed by atoms with Crippen LogP contribution in [0.15, 0.2) is 12.3 Å². The van der Waals surface area contributed by atoms with E-state index in [1.807, 2.05) is 11.1 Å². The second-order valence-electron chi connectivity index (χ2n) is 6.86. The highest BCUT2D eigenvalue weighted by molar-refractivity contribution is 5.78. The van der Waals surface area contributed by atoms with Gasteiger partial charge in [-0.15, -0.1) is 0 Å². The van der Waals surface area contributed by atoms with Crippen LogP contribution in [-0.2, 0) is 11.3 Å². The second kappa shape index (κ2) is 5.44. The largest absolute Gasteiger partial charge is 0.340 e. The molecule has 1 atom stereocenters.